The number of Topliss-reactive ketones (excluding diaryl/α,β-unsaturated/α-hetero) is 1. The van der Waals surface area contributed by atoms with Gasteiger partial charge in [0.1, 0.15) is 5.78 Å². The van der Waals surface area contributed by atoms with Gasteiger partial charge >= 0.3 is 0 Å². The lowest BCUT2D eigenvalue weighted by molar-refractivity contribution is -0.127. The van der Waals surface area contributed by atoms with Crippen molar-refractivity contribution in [3.8, 4) is 0 Å². The third-order valence-corrected chi connectivity index (χ3v) is 3.58. The first-order valence-electron chi connectivity index (χ1n) is 5.80. The lowest BCUT2D eigenvalue weighted by atomic mass is 9.79. The van der Waals surface area contributed by atoms with Gasteiger partial charge in [-0.1, -0.05) is 29.8 Å². The van der Waals surface area contributed by atoms with Crippen LogP contribution < -0.4 is 0 Å². The number of hydrogen-bond donors (Lipinski definition) is 0. The first kappa shape index (κ1) is 11.3. The highest BCUT2D eigenvalue weighted by Gasteiger charge is 2.36. The zero-order valence-corrected chi connectivity index (χ0v) is 9.95. The molecule has 1 fully saturated rings. The van der Waals surface area contributed by atoms with Crippen LogP contribution in [-0.2, 0) is 15.1 Å². The van der Waals surface area contributed by atoms with Crippen LogP contribution in [0.4, 0.5) is 0 Å². The summed E-state index contributed by atoms with van der Waals surface area (Å²) >= 11 is 0. The molecule has 16 heavy (non-hydrogen) atoms. The summed E-state index contributed by atoms with van der Waals surface area (Å²) in [6, 6.07) is 8.45. The van der Waals surface area contributed by atoms with E-state index < -0.39 is 0 Å². The van der Waals surface area contributed by atoms with Crippen LogP contribution in [0.2, 0.25) is 0 Å². The van der Waals surface area contributed by atoms with Gasteiger partial charge in [0, 0.05) is 20.0 Å². The molecule has 0 saturated heterocycles. The fraction of sp³-hybridized carbons (Fsp3) is 0.500. The molecule has 0 aromatic heterocycles. The maximum atomic E-state index is 11.3. The molecule has 0 unspecified atom stereocenters. The number of carbonyl (C=O) groups is 1. The quantitative estimate of drug-likeness (QED) is 0.762. The van der Waals surface area contributed by atoms with E-state index in [1.165, 1.54) is 11.1 Å². The second kappa shape index (κ2) is 4.38. The summed E-state index contributed by atoms with van der Waals surface area (Å²) in [7, 11) is 1.75. The molecule has 0 radical (unpaired) electrons. The summed E-state index contributed by atoms with van der Waals surface area (Å²) in [4.78, 5) is 11.3. The van der Waals surface area contributed by atoms with Crippen molar-refractivity contribution in [3.63, 3.8) is 0 Å². The van der Waals surface area contributed by atoms with Gasteiger partial charge in [0.25, 0.3) is 0 Å². The number of rotatable bonds is 2. The highest BCUT2D eigenvalue weighted by molar-refractivity contribution is 5.79. The fourth-order valence-corrected chi connectivity index (χ4v) is 2.40. The minimum absolute atomic E-state index is 0.235. The molecule has 0 heterocycles. The Labute approximate surface area is 96.6 Å². The predicted molar refractivity (Wildman–Crippen MR) is 63.3 cm³/mol. The van der Waals surface area contributed by atoms with Gasteiger partial charge in [-0.3, -0.25) is 4.79 Å². The van der Waals surface area contributed by atoms with Gasteiger partial charge in [0.2, 0.25) is 0 Å². The summed E-state index contributed by atoms with van der Waals surface area (Å²) in [6.07, 6.45) is 2.90. The van der Waals surface area contributed by atoms with Crippen molar-refractivity contribution in [1.29, 1.82) is 0 Å². The van der Waals surface area contributed by atoms with E-state index in [1.807, 2.05) is 0 Å². The van der Waals surface area contributed by atoms with Gasteiger partial charge in [-0.2, -0.15) is 0 Å². The number of ketones is 1. The fourth-order valence-electron chi connectivity index (χ4n) is 2.40. The van der Waals surface area contributed by atoms with Crippen LogP contribution in [0.15, 0.2) is 24.3 Å². The summed E-state index contributed by atoms with van der Waals surface area (Å²) in [6.45, 7) is 2.08. The third-order valence-electron chi connectivity index (χ3n) is 3.58. The Balaban J connectivity index is 2.27. The summed E-state index contributed by atoms with van der Waals surface area (Å²) in [5.41, 5.74) is 2.22. The van der Waals surface area contributed by atoms with Crippen LogP contribution in [-0.4, -0.2) is 12.9 Å². The van der Waals surface area contributed by atoms with Gasteiger partial charge < -0.3 is 4.74 Å². The van der Waals surface area contributed by atoms with E-state index in [1.54, 1.807) is 7.11 Å². The van der Waals surface area contributed by atoms with E-state index in [9.17, 15) is 4.79 Å². The Bertz CT molecular complexity index is 368. The number of hydrogen-bond acceptors (Lipinski definition) is 2. The Morgan fingerprint density at radius 3 is 2.19 bits per heavy atom. The molecule has 0 bridgehead atoms. The second-order valence-electron chi connectivity index (χ2n) is 4.60. The summed E-state index contributed by atoms with van der Waals surface area (Å²) in [5, 5.41) is 0. The van der Waals surface area contributed by atoms with Crippen LogP contribution >= 0.6 is 0 Å². The largest absolute Gasteiger partial charge is 0.374 e. The molecule has 86 valence electrons. The molecule has 0 N–H and O–H groups in total. The molecule has 1 aromatic carbocycles. The molecule has 2 heteroatoms. The van der Waals surface area contributed by atoms with Crippen molar-refractivity contribution in [2.24, 2.45) is 0 Å². The zero-order chi connectivity index (χ0) is 11.6. The number of carbonyl (C=O) groups excluding carboxylic acids is 1. The smallest absolute Gasteiger partial charge is 0.133 e. The Morgan fingerprint density at radius 1 is 1.12 bits per heavy atom. The summed E-state index contributed by atoms with van der Waals surface area (Å²) < 4.78 is 5.70. The first-order valence-corrected chi connectivity index (χ1v) is 5.80. The molecule has 1 aliphatic rings. The van der Waals surface area contributed by atoms with Gasteiger partial charge in [-0.15, -0.1) is 0 Å². The van der Waals surface area contributed by atoms with E-state index in [0.717, 1.165) is 12.8 Å². The molecule has 1 saturated carbocycles. The van der Waals surface area contributed by atoms with E-state index in [2.05, 4.69) is 31.2 Å². The molecule has 2 rings (SSSR count). The van der Waals surface area contributed by atoms with Crippen molar-refractivity contribution < 1.29 is 9.53 Å². The van der Waals surface area contributed by atoms with E-state index in [4.69, 9.17) is 4.74 Å². The third kappa shape index (κ3) is 2.03. The zero-order valence-electron chi connectivity index (χ0n) is 9.95. The topological polar surface area (TPSA) is 26.3 Å². The summed E-state index contributed by atoms with van der Waals surface area (Å²) in [5.74, 6) is 0.361. The highest BCUT2D eigenvalue weighted by atomic mass is 16.5. The Hall–Kier alpha value is -1.15. The number of methoxy groups -OCH3 is 1. The molecule has 0 atom stereocenters. The average Bonchev–Trinajstić information content (AvgIpc) is 2.32. The van der Waals surface area contributed by atoms with Crippen LogP contribution in [0, 0.1) is 6.92 Å². The number of benzene rings is 1. The Morgan fingerprint density at radius 2 is 1.69 bits per heavy atom. The van der Waals surface area contributed by atoms with Crippen molar-refractivity contribution in [3.05, 3.63) is 35.4 Å². The molecule has 0 aliphatic heterocycles. The molecule has 1 aromatic rings. The second-order valence-corrected chi connectivity index (χ2v) is 4.60. The molecule has 1 aliphatic carbocycles. The SMILES string of the molecule is COC1(c2ccc(C)cc2)CCC(=O)CC1. The maximum absolute atomic E-state index is 11.3. The van der Waals surface area contributed by atoms with Crippen molar-refractivity contribution >= 4 is 5.78 Å². The number of ether oxygens (including phenoxy) is 1. The van der Waals surface area contributed by atoms with Gasteiger partial charge in [0.05, 0.1) is 5.60 Å². The average molecular weight is 218 g/mol. The van der Waals surface area contributed by atoms with Crippen LogP contribution in [0.3, 0.4) is 0 Å². The normalized spacial score (nSPS) is 19.8. The monoisotopic (exact) mass is 218 g/mol. The molecular formula is C14H18O2. The highest BCUT2D eigenvalue weighted by Crippen LogP contribution is 2.38. The number of aryl methyl sites for hydroxylation is 1. The van der Waals surface area contributed by atoms with Crippen molar-refractivity contribution in [1.82, 2.24) is 0 Å². The lowest BCUT2D eigenvalue weighted by Gasteiger charge is -2.36. The van der Waals surface area contributed by atoms with Crippen molar-refractivity contribution in [2.75, 3.05) is 7.11 Å². The first-order chi connectivity index (χ1) is 7.66. The van der Waals surface area contributed by atoms with E-state index in [0.29, 0.717) is 18.6 Å². The van der Waals surface area contributed by atoms with E-state index >= 15 is 0 Å². The predicted octanol–water partition coefficient (Wildman–Crippen LogP) is 2.98. The lowest BCUT2D eigenvalue weighted by Crippen LogP contribution is -2.33. The van der Waals surface area contributed by atoms with E-state index in [-0.39, 0.29) is 5.60 Å². The molecule has 2 nitrogen and oxygen atoms in total. The molecule has 0 spiro atoms. The maximum Gasteiger partial charge on any atom is 0.133 e. The van der Waals surface area contributed by atoms with Gasteiger partial charge in [-0.25, -0.2) is 0 Å². The van der Waals surface area contributed by atoms with Crippen LogP contribution in [0.1, 0.15) is 36.8 Å². The van der Waals surface area contributed by atoms with Gasteiger partial charge in [0.15, 0.2) is 0 Å². The van der Waals surface area contributed by atoms with Crippen LogP contribution in [0.25, 0.3) is 0 Å². The van der Waals surface area contributed by atoms with Gasteiger partial charge in [-0.05, 0) is 25.3 Å². The van der Waals surface area contributed by atoms with Crippen molar-refractivity contribution in [2.45, 2.75) is 38.2 Å². The minimum atomic E-state index is -0.235. The molecule has 0 amide bonds. The standard InChI is InChI=1S/C14H18O2/c1-11-3-5-12(6-4-11)14(16-2)9-7-13(15)8-10-14/h3-6H,7-10H2,1-2H3. The Kier molecular flexibility index (Phi) is 3.10. The van der Waals surface area contributed by atoms with Crippen LogP contribution in [0.5, 0.6) is 0 Å². The molecular weight excluding hydrogens is 200 g/mol. The minimum Gasteiger partial charge on any atom is -0.374 e.